The zero-order valence-corrected chi connectivity index (χ0v) is 11.8. The Labute approximate surface area is 121 Å². The molecule has 1 aromatic rings. The van der Waals surface area contributed by atoms with Crippen molar-refractivity contribution in [3.8, 4) is 0 Å². The Hall–Kier alpha value is -1.72. The monoisotopic (exact) mass is 300 g/mol. The Balaban J connectivity index is 2.03. The van der Waals surface area contributed by atoms with Gasteiger partial charge in [0.1, 0.15) is 0 Å². The van der Waals surface area contributed by atoms with Gasteiger partial charge in [-0.25, -0.2) is 4.79 Å². The lowest BCUT2D eigenvalue weighted by molar-refractivity contribution is -0.136. The Morgan fingerprint density at radius 3 is 2.52 bits per heavy atom. The molecule has 0 heterocycles. The molecule has 1 saturated carbocycles. The largest absolute Gasteiger partial charge is 0.418 e. The number of alkyl halides is 3. The van der Waals surface area contributed by atoms with Crippen LogP contribution in [0.15, 0.2) is 24.3 Å². The molecule has 2 rings (SSSR count). The van der Waals surface area contributed by atoms with Gasteiger partial charge in [-0.2, -0.15) is 13.2 Å². The second kappa shape index (κ2) is 6.37. The summed E-state index contributed by atoms with van der Waals surface area (Å²) in [6.45, 7) is 2.05. The second-order valence-corrected chi connectivity index (χ2v) is 5.51. The number of anilines is 1. The molecule has 2 amide bonds. The van der Waals surface area contributed by atoms with E-state index in [1.165, 1.54) is 18.2 Å². The van der Waals surface area contributed by atoms with Gasteiger partial charge in [0, 0.05) is 6.04 Å². The number of nitrogens with one attached hydrogen (secondary N) is 2. The molecule has 1 aromatic carbocycles. The minimum Gasteiger partial charge on any atom is -0.335 e. The van der Waals surface area contributed by atoms with Gasteiger partial charge in [0.25, 0.3) is 0 Å². The van der Waals surface area contributed by atoms with E-state index in [1.807, 2.05) is 6.92 Å². The molecule has 0 aromatic heterocycles. The highest BCUT2D eigenvalue weighted by Crippen LogP contribution is 2.34. The summed E-state index contributed by atoms with van der Waals surface area (Å²) < 4.78 is 38.5. The van der Waals surface area contributed by atoms with Gasteiger partial charge in [0.05, 0.1) is 11.3 Å². The van der Waals surface area contributed by atoms with Crippen molar-refractivity contribution in [1.29, 1.82) is 0 Å². The Bertz CT molecular complexity index is 502. The molecule has 0 aliphatic heterocycles. The van der Waals surface area contributed by atoms with Crippen molar-refractivity contribution in [2.45, 2.75) is 44.8 Å². The van der Waals surface area contributed by atoms with Crippen molar-refractivity contribution >= 4 is 11.7 Å². The lowest BCUT2D eigenvalue weighted by Gasteiger charge is -2.29. The molecule has 0 spiro atoms. The van der Waals surface area contributed by atoms with Gasteiger partial charge in [0.2, 0.25) is 0 Å². The summed E-state index contributed by atoms with van der Waals surface area (Å²) in [5, 5.41) is 5.09. The quantitative estimate of drug-likeness (QED) is 0.834. The number of hydrogen-bond donors (Lipinski definition) is 2. The molecule has 2 unspecified atom stereocenters. The summed E-state index contributed by atoms with van der Waals surface area (Å²) >= 11 is 0. The molecule has 0 saturated heterocycles. The molecule has 1 aliphatic carbocycles. The molecule has 116 valence electrons. The first kappa shape index (κ1) is 15.7. The first-order valence-corrected chi connectivity index (χ1v) is 7.11. The average Bonchev–Trinajstić information content (AvgIpc) is 2.41. The third-order valence-electron chi connectivity index (χ3n) is 3.91. The maximum Gasteiger partial charge on any atom is 0.418 e. The van der Waals surface area contributed by atoms with Crippen LogP contribution in [0.1, 0.15) is 38.2 Å². The number of hydrogen-bond acceptors (Lipinski definition) is 1. The maximum atomic E-state index is 12.8. The van der Waals surface area contributed by atoms with Gasteiger partial charge in [-0.15, -0.1) is 0 Å². The number of halogens is 3. The number of carbonyl (C=O) groups is 1. The summed E-state index contributed by atoms with van der Waals surface area (Å²) in [7, 11) is 0. The van der Waals surface area contributed by atoms with Crippen molar-refractivity contribution in [3.05, 3.63) is 29.8 Å². The van der Waals surface area contributed by atoms with Crippen LogP contribution >= 0.6 is 0 Å². The number of para-hydroxylation sites is 1. The Kier molecular flexibility index (Phi) is 4.75. The molecule has 0 bridgehead atoms. The van der Waals surface area contributed by atoms with Crippen molar-refractivity contribution in [2.75, 3.05) is 5.32 Å². The average molecular weight is 300 g/mol. The summed E-state index contributed by atoms with van der Waals surface area (Å²) in [6.07, 6.45) is -0.409. The van der Waals surface area contributed by atoms with E-state index in [2.05, 4.69) is 10.6 Å². The summed E-state index contributed by atoms with van der Waals surface area (Å²) in [5.74, 6) is 0.349. The van der Waals surface area contributed by atoms with E-state index in [0.29, 0.717) is 5.92 Å². The highest BCUT2D eigenvalue weighted by atomic mass is 19.4. The maximum absolute atomic E-state index is 12.8. The van der Waals surface area contributed by atoms with Crippen molar-refractivity contribution < 1.29 is 18.0 Å². The minimum atomic E-state index is -4.48. The van der Waals surface area contributed by atoms with Crippen LogP contribution in [0.3, 0.4) is 0 Å². The molecule has 2 N–H and O–H groups in total. The van der Waals surface area contributed by atoms with Gasteiger partial charge in [-0.1, -0.05) is 31.9 Å². The number of urea groups is 1. The molecular weight excluding hydrogens is 281 g/mol. The van der Waals surface area contributed by atoms with Crippen molar-refractivity contribution in [2.24, 2.45) is 5.92 Å². The lowest BCUT2D eigenvalue weighted by Crippen LogP contribution is -2.43. The zero-order chi connectivity index (χ0) is 15.5. The van der Waals surface area contributed by atoms with Crippen LogP contribution in [0.2, 0.25) is 0 Å². The SMILES string of the molecule is CC1CCCCC1NC(=O)Nc1ccccc1C(F)(F)F. The first-order chi connectivity index (χ1) is 9.88. The van der Waals surface area contributed by atoms with Crippen molar-refractivity contribution in [1.82, 2.24) is 5.32 Å². The van der Waals surface area contributed by atoms with E-state index in [1.54, 1.807) is 0 Å². The van der Waals surface area contributed by atoms with E-state index < -0.39 is 17.8 Å². The molecule has 1 aliphatic rings. The van der Waals surface area contributed by atoms with Crippen molar-refractivity contribution in [3.63, 3.8) is 0 Å². The van der Waals surface area contributed by atoms with Crippen LogP contribution in [0.4, 0.5) is 23.7 Å². The van der Waals surface area contributed by atoms with Gasteiger partial charge >= 0.3 is 12.2 Å². The summed E-state index contributed by atoms with van der Waals surface area (Å²) in [5.41, 5.74) is -1.05. The third-order valence-corrected chi connectivity index (χ3v) is 3.91. The van der Waals surface area contributed by atoms with Crippen LogP contribution in [0.5, 0.6) is 0 Å². The third kappa shape index (κ3) is 4.12. The second-order valence-electron chi connectivity index (χ2n) is 5.51. The Morgan fingerprint density at radius 2 is 1.86 bits per heavy atom. The van der Waals surface area contributed by atoms with Crippen LogP contribution in [-0.2, 0) is 6.18 Å². The van der Waals surface area contributed by atoms with Crippen LogP contribution in [-0.4, -0.2) is 12.1 Å². The Morgan fingerprint density at radius 1 is 1.19 bits per heavy atom. The van der Waals surface area contributed by atoms with Gasteiger partial charge in [-0.05, 0) is 30.9 Å². The normalized spacial score (nSPS) is 22.7. The standard InChI is InChI=1S/C15H19F3N2O/c1-10-6-2-4-8-12(10)19-14(21)20-13-9-5-3-7-11(13)15(16,17)18/h3,5,7,9-10,12H,2,4,6,8H2,1H3,(H2,19,20,21). The minimum absolute atomic E-state index is 0.0248. The van der Waals surface area contributed by atoms with Crippen LogP contribution < -0.4 is 10.6 Å². The molecule has 3 nitrogen and oxygen atoms in total. The summed E-state index contributed by atoms with van der Waals surface area (Å²) in [4.78, 5) is 11.9. The van der Waals surface area contributed by atoms with E-state index >= 15 is 0 Å². The van der Waals surface area contributed by atoms with E-state index in [-0.39, 0.29) is 11.7 Å². The lowest BCUT2D eigenvalue weighted by atomic mass is 9.86. The molecule has 0 radical (unpaired) electrons. The molecule has 6 heteroatoms. The molecule has 1 fully saturated rings. The molecular formula is C15H19F3N2O. The molecule has 21 heavy (non-hydrogen) atoms. The highest BCUT2D eigenvalue weighted by Gasteiger charge is 2.33. The smallest absolute Gasteiger partial charge is 0.335 e. The number of amides is 2. The van der Waals surface area contributed by atoms with E-state index in [4.69, 9.17) is 0 Å². The zero-order valence-electron chi connectivity index (χ0n) is 11.8. The number of rotatable bonds is 2. The van der Waals surface area contributed by atoms with Gasteiger partial charge < -0.3 is 10.6 Å². The first-order valence-electron chi connectivity index (χ1n) is 7.11. The van der Waals surface area contributed by atoms with Gasteiger partial charge in [0.15, 0.2) is 0 Å². The highest BCUT2D eigenvalue weighted by molar-refractivity contribution is 5.90. The van der Waals surface area contributed by atoms with Crippen LogP contribution in [0, 0.1) is 5.92 Å². The fraction of sp³-hybridized carbons (Fsp3) is 0.533. The predicted octanol–water partition coefficient (Wildman–Crippen LogP) is 4.41. The topological polar surface area (TPSA) is 41.1 Å². The number of carbonyl (C=O) groups excluding carboxylic acids is 1. The number of benzene rings is 1. The van der Waals surface area contributed by atoms with E-state index in [0.717, 1.165) is 31.7 Å². The van der Waals surface area contributed by atoms with Crippen LogP contribution in [0.25, 0.3) is 0 Å². The summed E-state index contributed by atoms with van der Waals surface area (Å²) in [6, 6.07) is 4.43. The predicted molar refractivity (Wildman–Crippen MR) is 75.0 cm³/mol. The fourth-order valence-electron chi connectivity index (χ4n) is 2.70. The van der Waals surface area contributed by atoms with E-state index in [9.17, 15) is 18.0 Å². The van der Waals surface area contributed by atoms with Gasteiger partial charge in [-0.3, -0.25) is 0 Å². The molecule has 2 atom stereocenters. The fourth-order valence-corrected chi connectivity index (χ4v) is 2.70.